The molecule has 2 rings (SSSR count). The lowest BCUT2D eigenvalue weighted by molar-refractivity contribution is 0.0942. The summed E-state index contributed by atoms with van der Waals surface area (Å²) in [5, 5.41) is 12.3. The number of H-pyrrole nitrogens is 1. The van der Waals surface area contributed by atoms with E-state index >= 15 is 0 Å². The van der Waals surface area contributed by atoms with E-state index in [1.54, 1.807) is 12.3 Å². The Morgan fingerprint density at radius 2 is 2.35 bits per heavy atom. The van der Waals surface area contributed by atoms with Gasteiger partial charge in [0.05, 0.1) is 12.5 Å². The van der Waals surface area contributed by atoms with Crippen LogP contribution < -0.4 is 5.32 Å². The first-order valence-electron chi connectivity index (χ1n) is 5.46. The third-order valence-corrected chi connectivity index (χ3v) is 2.61. The van der Waals surface area contributed by atoms with Gasteiger partial charge in [0.2, 0.25) is 0 Å². The molecular weight excluding hydrogens is 214 g/mol. The van der Waals surface area contributed by atoms with Gasteiger partial charge >= 0.3 is 0 Å². The lowest BCUT2D eigenvalue weighted by Gasteiger charge is -2.10. The van der Waals surface area contributed by atoms with Crippen molar-refractivity contribution in [2.45, 2.75) is 19.4 Å². The van der Waals surface area contributed by atoms with Crippen molar-refractivity contribution in [2.75, 3.05) is 0 Å². The average molecular weight is 227 g/mol. The summed E-state index contributed by atoms with van der Waals surface area (Å²) in [4.78, 5) is 15.1. The highest BCUT2D eigenvalue weighted by atomic mass is 16.1. The summed E-state index contributed by atoms with van der Waals surface area (Å²) in [6.45, 7) is 1.82. The van der Waals surface area contributed by atoms with Crippen LogP contribution in [0.25, 0.3) is 10.9 Å². The molecule has 0 saturated carbocycles. The number of carbonyl (C=O) groups is 1. The Morgan fingerprint density at radius 3 is 3.12 bits per heavy atom. The van der Waals surface area contributed by atoms with Gasteiger partial charge in [-0.1, -0.05) is 6.07 Å². The molecular formula is C13H13N3O. The molecule has 17 heavy (non-hydrogen) atoms. The largest absolute Gasteiger partial charge is 0.361 e. The monoisotopic (exact) mass is 227 g/mol. The SMILES string of the molecule is CC(CC#N)NC(=O)c1cccc2[nH]ccc12. The molecule has 1 aromatic carbocycles. The molecule has 0 spiro atoms. The van der Waals surface area contributed by atoms with Crippen molar-refractivity contribution >= 4 is 16.8 Å². The minimum absolute atomic E-state index is 0.137. The van der Waals surface area contributed by atoms with Crippen LogP contribution in [0.2, 0.25) is 0 Å². The molecule has 2 N–H and O–H groups in total. The number of fused-ring (bicyclic) bond motifs is 1. The van der Waals surface area contributed by atoms with Gasteiger partial charge in [0.15, 0.2) is 0 Å². The van der Waals surface area contributed by atoms with Crippen molar-refractivity contribution in [3.05, 3.63) is 36.0 Å². The molecule has 1 unspecified atom stereocenters. The number of amides is 1. The molecule has 0 saturated heterocycles. The number of hydrogen-bond acceptors (Lipinski definition) is 2. The number of benzene rings is 1. The van der Waals surface area contributed by atoms with Gasteiger partial charge in [-0.3, -0.25) is 4.79 Å². The van der Waals surface area contributed by atoms with E-state index in [-0.39, 0.29) is 11.9 Å². The quantitative estimate of drug-likeness (QED) is 0.844. The lowest BCUT2D eigenvalue weighted by Crippen LogP contribution is -2.32. The average Bonchev–Trinajstić information content (AvgIpc) is 2.76. The molecule has 86 valence electrons. The van der Waals surface area contributed by atoms with Crippen molar-refractivity contribution < 1.29 is 4.79 Å². The second kappa shape index (κ2) is 4.71. The number of aromatic nitrogens is 1. The molecule has 0 bridgehead atoms. The lowest BCUT2D eigenvalue weighted by atomic mass is 10.1. The van der Waals surface area contributed by atoms with Gasteiger partial charge in [0.25, 0.3) is 5.91 Å². The van der Waals surface area contributed by atoms with Crippen molar-refractivity contribution in [1.29, 1.82) is 5.26 Å². The van der Waals surface area contributed by atoms with Gasteiger partial charge in [-0.25, -0.2) is 0 Å². The summed E-state index contributed by atoms with van der Waals surface area (Å²) in [6, 6.07) is 9.31. The first kappa shape index (κ1) is 11.2. The molecule has 0 aliphatic rings. The minimum atomic E-state index is -0.141. The van der Waals surface area contributed by atoms with Gasteiger partial charge in [-0.2, -0.15) is 5.26 Å². The first-order valence-corrected chi connectivity index (χ1v) is 5.46. The molecule has 1 amide bonds. The molecule has 0 radical (unpaired) electrons. The van der Waals surface area contributed by atoms with Gasteiger partial charge in [-0.05, 0) is 25.1 Å². The van der Waals surface area contributed by atoms with E-state index in [1.807, 2.05) is 31.2 Å². The highest BCUT2D eigenvalue weighted by Gasteiger charge is 2.12. The minimum Gasteiger partial charge on any atom is -0.361 e. The van der Waals surface area contributed by atoms with Crippen LogP contribution in [0.15, 0.2) is 30.5 Å². The number of nitriles is 1. The third kappa shape index (κ3) is 2.28. The van der Waals surface area contributed by atoms with Crippen LogP contribution in [0.1, 0.15) is 23.7 Å². The normalized spacial score (nSPS) is 12.0. The summed E-state index contributed by atoms with van der Waals surface area (Å²) in [5.41, 5.74) is 1.57. The predicted octanol–water partition coefficient (Wildman–Crippen LogP) is 2.20. The molecule has 1 heterocycles. The molecule has 1 aromatic heterocycles. The number of nitrogens with zero attached hydrogens (tertiary/aromatic N) is 1. The van der Waals surface area contributed by atoms with Crippen molar-refractivity contribution in [3.8, 4) is 6.07 Å². The van der Waals surface area contributed by atoms with E-state index in [0.717, 1.165) is 10.9 Å². The van der Waals surface area contributed by atoms with Crippen LogP contribution in [0.5, 0.6) is 0 Å². The molecule has 4 heteroatoms. The zero-order valence-electron chi connectivity index (χ0n) is 9.53. The first-order chi connectivity index (χ1) is 8.22. The molecule has 1 atom stereocenters. The third-order valence-electron chi connectivity index (χ3n) is 2.61. The summed E-state index contributed by atoms with van der Waals surface area (Å²) >= 11 is 0. The molecule has 2 aromatic rings. The summed E-state index contributed by atoms with van der Waals surface area (Å²) < 4.78 is 0. The van der Waals surface area contributed by atoms with Crippen molar-refractivity contribution in [1.82, 2.24) is 10.3 Å². The zero-order valence-corrected chi connectivity index (χ0v) is 9.53. The van der Waals surface area contributed by atoms with Crippen LogP contribution in [-0.2, 0) is 0 Å². The number of hydrogen-bond donors (Lipinski definition) is 2. The maximum absolute atomic E-state index is 12.0. The Bertz CT molecular complexity index is 580. The maximum Gasteiger partial charge on any atom is 0.252 e. The van der Waals surface area contributed by atoms with Crippen LogP contribution in [0.3, 0.4) is 0 Å². The van der Waals surface area contributed by atoms with E-state index in [2.05, 4.69) is 10.3 Å². The zero-order chi connectivity index (χ0) is 12.3. The highest BCUT2D eigenvalue weighted by Crippen LogP contribution is 2.17. The van der Waals surface area contributed by atoms with E-state index in [0.29, 0.717) is 12.0 Å². The van der Waals surface area contributed by atoms with E-state index in [9.17, 15) is 4.79 Å². The summed E-state index contributed by atoms with van der Waals surface area (Å²) in [5.74, 6) is -0.141. The van der Waals surface area contributed by atoms with Crippen LogP contribution in [0, 0.1) is 11.3 Å². The number of nitrogens with one attached hydrogen (secondary N) is 2. The summed E-state index contributed by atoms with van der Waals surface area (Å²) in [6.07, 6.45) is 2.12. The number of rotatable bonds is 3. The van der Waals surface area contributed by atoms with Gasteiger partial charge in [0, 0.05) is 28.7 Å². The van der Waals surface area contributed by atoms with Crippen molar-refractivity contribution in [3.63, 3.8) is 0 Å². The Balaban J connectivity index is 2.25. The number of aromatic amines is 1. The highest BCUT2D eigenvalue weighted by molar-refractivity contribution is 6.06. The maximum atomic E-state index is 12.0. The second-order valence-electron chi connectivity index (χ2n) is 3.98. The molecule has 4 nitrogen and oxygen atoms in total. The molecule has 0 fully saturated rings. The standard InChI is InChI=1S/C13H13N3O/c1-9(5-7-14)16-13(17)11-3-2-4-12-10(11)6-8-15-12/h2-4,6,8-9,15H,5H2,1H3,(H,16,17). The van der Waals surface area contributed by atoms with Crippen molar-refractivity contribution in [2.24, 2.45) is 0 Å². The molecule has 0 aliphatic heterocycles. The van der Waals surface area contributed by atoms with Crippen LogP contribution in [-0.4, -0.2) is 16.9 Å². The second-order valence-corrected chi connectivity index (χ2v) is 3.98. The van der Waals surface area contributed by atoms with E-state index < -0.39 is 0 Å². The van der Waals surface area contributed by atoms with Crippen LogP contribution >= 0.6 is 0 Å². The smallest absolute Gasteiger partial charge is 0.252 e. The fourth-order valence-corrected chi connectivity index (χ4v) is 1.77. The Hall–Kier alpha value is -2.28. The number of carbonyl (C=O) groups excluding carboxylic acids is 1. The summed E-state index contributed by atoms with van der Waals surface area (Å²) in [7, 11) is 0. The van der Waals surface area contributed by atoms with E-state index in [4.69, 9.17) is 5.26 Å². The Labute approximate surface area is 99.3 Å². The Kier molecular flexibility index (Phi) is 3.10. The van der Waals surface area contributed by atoms with Crippen LogP contribution in [0.4, 0.5) is 0 Å². The van der Waals surface area contributed by atoms with E-state index in [1.165, 1.54) is 0 Å². The fraction of sp³-hybridized carbons (Fsp3) is 0.231. The topological polar surface area (TPSA) is 68.7 Å². The Morgan fingerprint density at radius 1 is 1.53 bits per heavy atom. The molecule has 0 aliphatic carbocycles. The van der Waals surface area contributed by atoms with Gasteiger partial charge in [0.1, 0.15) is 0 Å². The van der Waals surface area contributed by atoms with Gasteiger partial charge in [-0.15, -0.1) is 0 Å². The predicted molar refractivity (Wildman–Crippen MR) is 65.5 cm³/mol. The fourth-order valence-electron chi connectivity index (χ4n) is 1.77. The van der Waals surface area contributed by atoms with Gasteiger partial charge < -0.3 is 10.3 Å².